The number of nitrogens with zero attached hydrogens (tertiary/aromatic N) is 1. The van der Waals surface area contributed by atoms with Gasteiger partial charge in [0, 0.05) is 16.2 Å². The highest BCUT2D eigenvalue weighted by atomic mass is 127. The lowest BCUT2D eigenvalue weighted by Gasteiger charge is -2.15. The first-order chi connectivity index (χ1) is 10.1. The van der Waals surface area contributed by atoms with Crippen molar-refractivity contribution in [3.8, 4) is 0 Å². The standard InChI is InChI=1S/C15H14IN3O2/c16-11-5-3-4-10(8-11)9-13(14(17)20)19-15(21)12-6-1-2-7-18-12/h1-8,13H,9H2,(H2,17,20)(H,19,21)/t13-/m0/s1. The molecule has 21 heavy (non-hydrogen) atoms. The van der Waals surface area contributed by atoms with Crippen LogP contribution in [0.1, 0.15) is 16.1 Å². The Bertz CT molecular complexity index is 646. The van der Waals surface area contributed by atoms with Crippen molar-refractivity contribution in [3.63, 3.8) is 0 Å². The molecule has 3 N–H and O–H groups in total. The number of hydrogen-bond donors (Lipinski definition) is 2. The molecule has 1 aromatic heterocycles. The van der Waals surface area contributed by atoms with E-state index >= 15 is 0 Å². The molecule has 0 saturated heterocycles. The third-order valence-corrected chi connectivity index (χ3v) is 3.55. The summed E-state index contributed by atoms with van der Waals surface area (Å²) in [5.74, 6) is -0.983. The van der Waals surface area contributed by atoms with Crippen LogP contribution in [0, 0.1) is 3.57 Å². The third kappa shape index (κ3) is 4.52. The lowest BCUT2D eigenvalue weighted by Crippen LogP contribution is -2.46. The number of aromatic nitrogens is 1. The van der Waals surface area contributed by atoms with Gasteiger partial charge in [-0.05, 0) is 52.4 Å². The maximum atomic E-state index is 12.0. The smallest absolute Gasteiger partial charge is 0.270 e. The normalized spacial score (nSPS) is 11.7. The Balaban J connectivity index is 2.09. The van der Waals surface area contributed by atoms with Crippen LogP contribution < -0.4 is 11.1 Å². The number of rotatable bonds is 5. The van der Waals surface area contributed by atoms with Crippen LogP contribution in [0.3, 0.4) is 0 Å². The van der Waals surface area contributed by atoms with Gasteiger partial charge in [0.2, 0.25) is 5.91 Å². The van der Waals surface area contributed by atoms with Crippen molar-refractivity contribution < 1.29 is 9.59 Å². The summed E-state index contributed by atoms with van der Waals surface area (Å²) in [5, 5.41) is 2.62. The number of nitrogens with two attached hydrogens (primary N) is 1. The number of primary amides is 1. The summed E-state index contributed by atoms with van der Waals surface area (Å²) >= 11 is 2.19. The Morgan fingerprint density at radius 1 is 1.24 bits per heavy atom. The number of carbonyl (C=O) groups is 2. The zero-order valence-corrected chi connectivity index (χ0v) is 13.3. The molecule has 0 aliphatic heterocycles. The monoisotopic (exact) mass is 395 g/mol. The highest BCUT2D eigenvalue weighted by Gasteiger charge is 2.20. The van der Waals surface area contributed by atoms with E-state index in [0.717, 1.165) is 9.13 Å². The fourth-order valence-electron chi connectivity index (χ4n) is 1.85. The van der Waals surface area contributed by atoms with E-state index in [9.17, 15) is 9.59 Å². The molecule has 2 rings (SSSR count). The van der Waals surface area contributed by atoms with E-state index in [-0.39, 0.29) is 5.69 Å². The van der Waals surface area contributed by atoms with Crippen molar-refractivity contribution in [2.24, 2.45) is 5.73 Å². The molecule has 1 heterocycles. The second-order valence-electron chi connectivity index (χ2n) is 4.48. The van der Waals surface area contributed by atoms with Gasteiger partial charge >= 0.3 is 0 Å². The summed E-state index contributed by atoms with van der Waals surface area (Å²) in [6, 6.07) is 11.9. The largest absolute Gasteiger partial charge is 0.368 e. The molecule has 6 heteroatoms. The van der Waals surface area contributed by atoms with Crippen molar-refractivity contribution in [3.05, 3.63) is 63.5 Å². The molecule has 108 valence electrons. The number of halogens is 1. The molecule has 0 spiro atoms. The van der Waals surface area contributed by atoms with Crippen LogP contribution in [0.5, 0.6) is 0 Å². The van der Waals surface area contributed by atoms with Crippen molar-refractivity contribution in [2.45, 2.75) is 12.5 Å². The van der Waals surface area contributed by atoms with Crippen molar-refractivity contribution in [2.75, 3.05) is 0 Å². The summed E-state index contributed by atoms with van der Waals surface area (Å²) in [6.07, 6.45) is 1.87. The average Bonchev–Trinajstić information content (AvgIpc) is 2.47. The molecule has 0 saturated carbocycles. The predicted octanol–water partition coefficient (Wildman–Crippen LogP) is 1.51. The maximum absolute atomic E-state index is 12.0. The zero-order valence-electron chi connectivity index (χ0n) is 11.1. The summed E-state index contributed by atoms with van der Waals surface area (Å²) < 4.78 is 1.06. The van der Waals surface area contributed by atoms with Crippen molar-refractivity contribution >= 4 is 34.4 Å². The second kappa shape index (κ2) is 7.16. The third-order valence-electron chi connectivity index (χ3n) is 2.88. The summed E-state index contributed by atoms with van der Waals surface area (Å²) in [6.45, 7) is 0. The van der Waals surface area contributed by atoms with Crippen LogP contribution >= 0.6 is 22.6 Å². The lowest BCUT2D eigenvalue weighted by molar-refractivity contribution is -0.119. The van der Waals surface area contributed by atoms with Gasteiger partial charge in [-0.2, -0.15) is 0 Å². The summed E-state index contributed by atoms with van der Waals surface area (Å²) in [4.78, 5) is 27.5. The molecule has 0 aliphatic carbocycles. The van der Waals surface area contributed by atoms with E-state index in [1.54, 1.807) is 18.2 Å². The predicted molar refractivity (Wildman–Crippen MR) is 87.5 cm³/mol. The van der Waals surface area contributed by atoms with Crippen LogP contribution in [-0.4, -0.2) is 22.8 Å². The van der Waals surface area contributed by atoms with E-state index in [4.69, 9.17) is 5.73 Å². The molecular formula is C15H14IN3O2. The average molecular weight is 395 g/mol. The minimum atomic E-state index is -0.766. The quantitative estimate of drug-likeness (QED) is 0.753. The van der Waals surface area contributed by atoms with Crippen molar-refractivity contribution in [1.29, 1.82) is 0 Å². The molecule has 0 fully saturated rings. The molecular weight excluding hydrogens is 381 g/mol. The maximum Gasteiger partial charge on any atom is 0.270 e. The minimum Gasteiger partial charge on any atom is -0.368 e. The number of hydrogen-bond acceptors (Lipinski definition) is 3. The first-order valence-corrected chi connectivity index (χ1v) is 7.40. The number of carbonyl (C=O) groups excluding carboxylic acids is 2. The Morgan fingerprint density at radius 2 is 2.05 bits per heavy atom. The van der Waals surface area contributed by atoms with E-state index in [2.05, 4.69) is 32.9 Å². The van der Waals surface area contributed by atoms with Crippen LogP contribution in [0.4, 0.5) is 0 Å². The fraction of sp³-hybridized carbons (Fsp3) is 0.133. The van der Waals surface area contributed by atoms with Crippen molar-refractivity contribution in [1.82, 2.24) is 10.3 Å². The molecule has 0 unspecified atom stereocenters. The molecule has 1 aromatic carbocycles. The molecule has 0 aliphatic rings. The van der Waals surface area contributed by atoms with Gasteiger partial charge in [0.05, 0.1) is 0 Å². The first-order valence-electron chi connectivity index (χ1n) is 6.32. The molecule has 0 radical (unpaired) electrons. The number of amides is 2. The van der Waals surface area contributed by atoms with Gasteiger partial charge < -0.3 is 11.1 Å². The van der Waals surface area contributed by atoms with Crippen LogP contribution in [0.25, 0.3) is 0 Å². The SMILES string of the molecule is NC(=O)[C@H](Cc1cccc(I)c1)NC(=O)c1ccccn1. The summed E-state index contributed by atoms with van der Waals surface area (Å²) in [5.41, 5.74) is 6.57. The van der Waals surface area contributed by atoms with Crippen LogP contribution in [0.2, 0.25) is 0 Å². The van der Waals surface area contributed by atoms with Gasteiger partial charge in [-0.15, -0.1) is 0 Å². The highest BCUT2D eigenvalue weighted by molar-refractivity contribution is 14.1. The topological polar surface area (TPSA) is 85.1 Å². The molecule has 2 aromatic rings. The van der Waals surface area contributed by atoms with E-state index < -0.39 is 17.9 Å². The molecule has 1 atom stereocenters. The van der Waals surface area contributed by atoms with E-state index in [0.29, 0.717) is 6.42 Å². The highest BCUT2D eigenvalue weighted by Crippen LogP contribution is 2.10. The van der Waals surface area contributed by atoms with Gasteiger partial charge in [-0.1, -0.05) is 18.2 Å². The molecule has 0 bridgehead atoms. The number of nitrogens with one attached hydrogen (secondary N) is 1. The Kier molecular flexibility index (Phi) is 5.26. The Hall–Kier alpha value is -1.96. The minimum absolute atomic E-state index is 0.256. The fourth-order valence-corrected chi connectivity index (χ4v) is 2.46. The van der Waals surface area contributed by atoms with Gasteiger partial charge in [-0.25, -0.2) is 0 Å². The Labute approximate surface area is 136 Å². The zero-order chi connectivity index (χ0) is 15.2. The van der Waals surface area contributed by atoms with Crippen LogP contribution in [0.15, 0.2) is 48.7 Å². The second-order valence-corrected chi connectivity index (χ2v) is 5.72. The number of pyridine rings is 1. The van der Waals surface area contributed by atoms with Crippen LogP contribution in [-0.2, 0) is 11.2 Å². The molecule has 2 amide bonds. The van der Waals surface area contributed by atoms with Gasteiger partial charge in [-0.3, -0.25) is 14.6 Å². The van der Waals surface area contributed by atoms with Gasteiger partial charge in [0.15, 0.2) is 0 Å². The van der Waals surface area contributed by atoms with Gasteiger partial charge in [0.25, 0.3) is 5.91 Å². The van der Waals surface area contributed by atoms with Gasteiger partial charge in [0.1, 0.15) is 11.7 Å². The summed E-state index contributed by atoms with van der Waals surface area (Å²) in [7, 11) is 0. The first kappa shape index (κ1) is 15.4. The lowest BCUT2D eigenvalue weighted by atomic mass is 10.1. The molecule has 5 nitrogen and oxygen atoms in total. The number of benzene rings is 1. The Morgan fingerprint density at radius 3 is 2.67 bits per heavy atom. The van der Waals surface area contributed by atoms with E-state index in [1.807, 2.05) is 24.3 Å². The van der Waals surface area contributed by atoms with E-state index in [1.165, 1.54) is 6.20 Å².